The maximum absolute atomic E-state index is 3.25. The topological polar surface area (TPSA) is 0 Å². The number of halogens is 2. The minimum Gasteiger partial charge on any atom is -1.00 e. The van der Waals surface area contributed by atoms with Crippen molar-refractivity contribution in [1.29, 1.82) is 0 Å². The number of aryl methyl sites for hydroxylation is 12. The second-order valence-corrected chi connectivity index (χ2v) is 15.5. The van der Waals surface area contributed by atoms with Crippen molar-refractivity contribution in [2.45, 2.75) is 111 Å². The van der Waals surface area contributed by atoms with E-state index in [0.717, 1.165) is 0 Å². The van der Waals surface area contributed by atoms with E-state index in [9.17, 15) is 0 Å². The fraction of sp³-hybridized carbons (Fsp3) is 0.296. The second kappa shape index (κ2) is 23.2. The Hall–Kier alpha value is -2.93. The van der Waals surface area contributed by atoms with Gasteiger partial charge in [-0.05, 0) is 27.7 Å². The molecule has 0 aliphatic heterocycles. The summed E-state index contributed by atoms with van der Waals surface area (Å²) in [6, 6.07) is 26.2. The molecule has 0 N–H and O–H groups in total. The molecular formula is C54H64Cl2Ti2-2. The van der Waals surface area contributed by atoms with E-state index < -0.39 is 0 Å². The molecule has 0 nitrogen and oxygen atoms in total. The molecule has 58 heavy (non-hydrogen) atoms. The van der Waals surface area contributed by atoms with E-state index in [1.807, 2.05) is 0 Å². The minimum absolute atomic E-state index is 0. The summed E-state index contributed by atoms with van der Waals surface area (Å²) in [5.41, 5.74) is 22.9. The summed E-state index contributed by atoms with van der Waals surface area (Å²) in [6.45, 7) is 35.3. The number of benzene rings is 4. The van der Waals surface area contributed by atoms with Gasteiger partial charge in [0, 0.05) is 0 Å². The van der Waals surface area contributed by atoms with Gasteiger partial charge in [0.15, 0.2) is 0 Å². The van der Waals surface area contributed by atoms with E-state index >= 15 is 0 Å². The Labute approximate surface area is 386 Å². The first-order chi connectivity index (χ1) is 26.5. The normalized spacial score (nSPS) is 10.1. The molecule has 0 aliphatic rings. The first kappa shape index (κ1) is 53.1. The van der Waals surface area contributed by atoms with E-state index in [-0.39, 0.29) is 24.8 Å². The van der Waals surface area contributed by atoms with E-state index in [0.29, 0.717) is 0 Å². The molecule has 0 unspecified atom stereocenters. The summed E-state index contributed by atoms with van der Waals surface area (Å²) < 4.78 is 0. The molecule has 8 aromatic carbocycles. The van der Waals surface area contributed by atoms with E-state index in [1.165, 1.54) is 132 Å². The summed E-state index contributed by atoms with van der Waals surface area (Å²) in [6.07, 6.45) is 0. The fourth-order valence-electron chi connectivity index (χ4n) is 8.60. The predicted molar refractivity (Wildman–Crippen MR) is 248 cm³/mol. The SMILES string of the molecule is Cc1cccc2c1c(C)c(C)[c-]2C.Cc1cccc2c1c(C)c(C)[c-]2C.Cc1cccc2c1c(C)c(C)[c-]2C.Cc1cccc2c1c(C)c(C)[c-]2C.[CH2]=[Ti+2].[CH2]=[Ti+2].[Cl-].[Cl-]. The van der Waals surface area contributed by atoms with Crippen LogP contribution >= 0.6 is 0 Å². The summed E-state index contributed by atoms with van der Waals surface area (Å²) >= 11 is 3.50. The van der Waals surface area contributed by atoms with Gasteiger partial charge < -0.3 is 24.8 Å². The third-order valence-electron chi connectivity index (χ3n) is 12.7. The van der Waals surface area contributed by atoms with Gasteiger partial charge >= 0.3 is 49.6 Å². The van der Waals surface area contributed by atoms with Crippen molar-refractivity contribution in [2.24, 2.45) is 0 Å². The van der Waals surface area contributed by atoms with Gasteiger partial charge in [0.25, 0.3) is 0 Å². The molecule has 0 radical (unpaired) electrons. The van der Waals surface area contributed by atoms with E-state index in [4.69, 9.17) is 0 Å². The predicted octanol–water partition coefficient (Wildman–Crippen LogP) is 9.11. The van der Waals surface area contributed by atoms with Gasteiger partial charge in [-0.3, -0.25) is 0 Å². The molecule has 0 spiro atoms. The zero-order chi connectivity index (χ0) is 42.3. The maximum Gasteiger partial charge on any atom is -1.00 e. The Kier molecular flexibility index (Phi) is 21.2. The largest absolute Gasteiger partial charge is 1.00 e. The van der Waals surface area contributed by atoms with Crippen LogP contribution in [0, 0.1) is 111 Å². The van der Waals surface area contributed by atoms with Crippen LogP contribution in [0.25, 0.3) is 43.1 Å². The Morgan fingerprint density at radius 1 is 0.310 bits per heavy atom. The molecule has 0 aliphatic carbocycles. The number of rotatable bonds is 0. The van der Waals surface area contributed by atoms with Crippen LogP contribution in [0.5, 0.6) is 0 Å². The van der Waals surface area contributed by atoms with Crippen LogP contribution in [0.4, 0.5) is 0 Å². The van der Waals surface area contributed by atoms with Crippen LogP contribution in [0.15, 0.2) is 72.8 Å². The monoisotopic (exact) mass is 878 g/mol. The smallest absolute Gasteiger partial charge is 1.00 e. The van der Waals surface area contributed by atoms with Crippen molar-refractivity contribution >= 4 is 52.7 Å². The van der Waals surface area contributed by atoms with E-state index in [1.54, 1.807) is 39.9 Å². The first-order valence-corrected chi connectivity index (χ1v) is 21.9. The molecule has 0 amide bonds. The van der Waals surface area contributed by atoms with Crippen LogP contribution in [0.1, 0.15) is 89.0 Å². The fourth-order valence-corrected chi connectivity index (χ4v) is 8.60. The molecule has 0 atom stereocenters. The Bertz CT molecular complexity index is 2250. The van der Waals surface area contributed by atoms with Gasteiger partial charge in [0.2, 0.25) is 0 Å². The average molecular weight is 880 g/mol. The van der Waals surface area contributed by atoms with Gasteiger partial charge in [-0.15, -0.1) is 136 Å². The molecule has 0 saturated carbocycles. The standard InChI is InChI=1S/4C13H15.2CH2.2ClH.2Ti/c4*1-8-6-5-7-12-10(3)9(2)11(4)13(8)12;;;;;;/h4*5-7H,1-4H3;2*1H2;2*1H;;/q4*-1;;;;;2*+2/p-2. The van der Waals surface area contributed by atoms with Gasteiger partial charge in [-0.1, -0.05) is 130 Å². The first-order valence-electron chi connectivity index (χ1n) is 19.7. The summed E-state index contributed by atoms with van der Waals surface area (Å²) in [4.78, 5) is 6.50. The maximum atomic E-state index is 3.25. The third kappa shape index (κ3) is 10.5. The summed E-state index contributed by atoms with van der Waals surface area (Å²) in [5.74, 6) is 0. The number of hydrogen-bond acceptors (Lipinski definition) is 0. The number of fused-ring (bicyclic) bond motifs is 4. The molecule has 304 valence electrons. The van der Waals surface area contributed by atoms with Crippen LogP contribution < -0.4 is 24.8 Å². The summed E-state index contributed by atoms with van der Waals surface area (Å²) in [5, 5.41) is 11.5. The van der Waals surface area contributed by atoms with Gasteiger partial charge in [-0.25, -0.2) is 0 Å². The quantitative estimate of drug-likeness (QED) is 0.105. The van der Waals surface area contributed by atoms with Crippen molar-refractivity contribution in [2.75, 3.05) is 0 Å². The molecule has 0 aromatic heterocycles. The van der Waals surface area contributed by atoms with Crippen molar-refractivity contribution in [3.8, 4) is 0 Å². The number of hydrogen-bond donors (Lipinski definition) is 0. The molecule has 0 fully saturated rings. The Balaban J connectivity index is 0.000000371. The molecular weight excluding hydrogens is 815 g/mol. The van der Waals surface area contributed by atoms with Crippen LogP contribution in [0.3, 0.4) is 0 Å². The van der Waals surface area contributed by atoms with Crippen LogP contribution in [0.2, 0.25) is 0 Å². The average Bonchev–Trinajstić information content (AvgIpc) is 3.76. The second-order valence-electron chi connectivity index (χ2n) is 15.5. The van der Waals surface area contributed by atoms with Crippen molar-refractivity contribution in [3.63, 3.8) is 0 Å². The van der Waals surface area contributed by atoms with Gasteiger partial charge in [0.1, 0.15) is 0 Å². The molecule has 0 saturated heterocycles. The zero-order valence-electron chi connectivity index (χ0n) is 38.1. The Morgan fingerprint density at radius 3 is 0.603 bits per heavy atom. The summed E-state index contributed by atoms with van der Waals surface area (Å²) in [7, 11) is 0. The molecule has 4 heteroatoms. The van der Waals surface area contributed by atoms with Crippen LogP contribution in [-0.2, 0) is 39.9 Å². The molecule has 8 rings (SSSR count). The molecule has 0 bridgehead atoms. The van der Waals surface area contributed by atoms with Crippen LogP contribution in [-0.4, -0.2) is 9.63 Å². The van der Waals surface area contributed by atoms with Gasteiger partial charge in [0.05, 0.1) is 0 Å². The molecule has 0 heterocycles. The third-order valence-corrected chi connectivity index (χ3v) is 12.7. The van der Waals surface area contributed by atoms with Crippen molar-refractivity contribution in [3.05, 3.63) is 162 Å². The van der Waals surface area contributed by atoms with Gasteiger partial charge in [-0.2, -0.15) is 22.3 Å². The van der Waals surface area contributed by atoms with Crippen molar-refractivity contribution in [1.82, 2.24) is 0 Å². The zero-order valence-corrected chi connectivity index (χ0v) is 42.7. The Morgan fingerprint density at radius 2 is 0.466 bits per heavy atom. The minimum atomic E-state index is 0. The van der Waals surface area contributed by atoms with E-state index in [2.05, 4.69) is 193 Å². The molecule has 8 aromatic rings. The van der Waals surface area contributed by atoms with Crippen molar-refractivity contribution < 1.29 is 64.8 Å².